The molecule has 2 rings (SSSR count). The first-order valence-electron chi connectivity index (χ1n) is 7.18. The summed E-state index contributed by atoms with van der Waals surface area (Å²) in [4.78, 5) is 11.9. The Bertz CT molecular complexity index is 259. The van der Waals surface area contributed by atoms with Crippen LogP contribution in [0.1, 0.15) is 51.9 Å². The van der Waals surface area contributed by atoms with Crippen LogP contribution in [0.3, 0.4) is 0 Å². The predicted octanol–water partition coefficient (Wildman–Crippen LogP) is 2.06. The van der Waals surface area contributed by atoms with Crippen molar-refractivity contribution >= 4 is 5.91 Å². The van der Waals surface area contributed by atoms with Crippen molar-refractivity contribution in [3.8, 4) is 0 Å². The molecular formula is C14H26N2O. The Morgan fingerprint density at radius 2 is 1.88 bits per heavy atom. The first-order valence-corrected chi connectivity index (χ1v) is 7.18. The maximum atomic E-state index is 11.9. The Morgan fingerprint density at radius 3 is 2.47 bits per heavy atom. The SMILES string of the molecule is CC1CCC(CNC(=O)C2CCC(N)C2)CC1. The first-order chi connectivity index (χ1) is 8.15. The minimum absolute atomic E-state index is 0.188. The second kappa shape index (κ2) is 5.85. The van der Waals surface area contributed by atoms with Gasteiger partial charge in [0.1, 0.15) is 0 Å². The number of nitrogens with two attached hydrogens (primary N) is 1. The minimum Gasteiger partial charge on any atom is -0.356 e. The van der Waals surface area contributed by atoms with E-state index in [4.69, 9.17) is 5.73 Å². The Labute approximate surface area is 105 Å². The molecule has 2 aliphatic rings. The number of rotatable bonds is 3. The van der Waals surface area contributed by atoms with Crippen molar-refractivity contribution in [2.24, 2.45) is 23.5 Å². The van der Waals surface area contributed by atoms with Gasteiger partial charge in [0.05, 0.1) is 0 Å². The van der Waals surface area contributed by atoms with Crippen LogP contribution in [-0.4, -0.2) is 18.5 Å². The fourth-order valence-electron chi connectivity index (χ4n) is 3.18. The second-order valence-electron chi connectivity index (χ2n) is 6.14. The van der Waals surface area contributed by atoms with Crippen molar-refractivity contribution in [2.75, 3.05) is 6.54 Å². The van der Waals surface area contributed by atoms with Crippen LogP contribution < -0.4 is 11.1 Å². The molecule has 17 heavy (non-hydrogen) atoms. The summed E-state index contributed by atoms with van der Waals surface area (Å²) in [5.74, 6) is 2.03. The van der Waals surface area contributed by atoms with E-state index >= 15 is 0 Å². The second-order valence-corrected chi connectivity index (χ2v) is 6.14. The highest BCUT2D eigenvalue weighted by molar-refractivity contribution is 5.78. The highest BCUT2D eigenvalue weighted by Gasteiger charge is 2.28. The molecule has 2 aliphatic carbocycles. The van der Waals surface area contributed by atoms with E-state index in [2.05, 4.69) is 12.2 Å². The van der Waals surface area contributed by atoms with E-state index in [-0.39, 0.29) is 17.9 Å². The molecule has 3 nitrogen and oxygen atoms in total. The quantitative estimate of drug-likeness (QED) is 0.790. The molecule has 0 aromatic carbocycles. The standard InChI is InChI=1S/C14H26N2O/c1-10-2-4-11(5-3-10)9-16-14(17)12-6-7-13(15)8-12/h10-13H,2-9,15H2,1H3,(H,16,17). The molecule has 2 fully saturated rings. The lowest BCUT2D eigenvalue weighted by Crippen LogP contribution is -2.35. The molecule has 0 saturated heterocycles. The number of nitrogens with one attached hydrogen (secondary N) is 1. The van der Waals surface area contributed by atoms with Crippen molar-refractivity contribution in [1.82, 2.24) is 5.32 Å². The van der Waals surface area contributed by atoms with E-state index in [0.717, 1.165) is 31.7 Å². The molecular weight excluding hydrogens is 212 g/mol. The van der Waals surface area contributed by atoms with Gasteiger partial charge < -0.3 is 11.1 Å². The van der Waals surface area contributed by atoms with E-state index in [9.17, 15) is 4.79 Å². The van der Waals surface area contributed by atoms with Crippen LogP contribution in [0.25, 0.3) is 0 Å². The summed E-state index contributed by atoms with van der Waals surface area (Å²) in [5, 5.41) is 3.14. The van der Waals surface area contributed by atoms with Gasteiger partial charge in [-0.2, -0.15) is 0 Å². The molecule has 0 bridgehead atoms. The van der Waals surface area contributed by atoms with E-state index in [1.807, 2.05) is 0 Å². The van der Waals surface area contributed by atoms with Gasteiger partial charge in [-0.25, -0.2) is 0 Å². The smallest absolute Gasteiger partial charge is 0.223 e. The van der Waals surface area contributed by atoms with Crippen LogP contribution in [0.15, 0.2) is 0 Å². The third kappa shape index (κ3) is 3.70. The average molecular weight is 238 g/mol. The molecule has 0 aromatic rings. The normalized spacial score (nSPS) is 38.0. The number of carbonyl (C=O) groups is 1. The van der Waals surface area contributed by atoms with Crippen molar-refractivity contribution in [3.63, 3.8) is 0 Å². The van der Waals surface area contributed by atoms with Gasteiger partial charge in [0.15, 0.2) is 0 Å². The highest BCUT2D eigenvalue weighted by Crippen LogP contribution is 2.28. The first kappa shape index (κ1) is 12.9. The fourth-order valence-corrected chi connectivity index (χ4v) is 3.18. The lowest BCUT2D eigenvalue weighted by molar-refractivity contribution is -0.125. The lowest BCUT2D eigenvalue weighted by Gasteiger charge is -2.26. The monoisotopic (exact) mass is 238 g/mol. The Balaban J connectivity index is 1.66. The number of amides is 1. The summed E-state index contributed by atoms with van der Waals surface area (Å²) in [6.07, 6.45) is 8.10. The largest absolute Gasteiger partial charge is 0.356 e. The number of hydrogen-bond donors (Lipinski definition) is 2. The van der Waals surface area contributed by atoms with Gasteiger partial charge in [-0.15, -0.1) is 0 Å². The molecule has 3 heteroatoms. The van der Waals surface area contributed by atoms with Gasteiger partial charge in [-0.05, 0) is 43.9 Å². The maximum Gasteiger partial charge on any atom is 0.223 e. The number of hydrogen-bond acceptors (Lipinski definition) is 2. The zero-order valence-electron chi connectivity index (χ0n) is 11.0. The molecule has 0 heterocycles. The van der Waals surface area contributed by atoms with Gasteiger partial charge in [0, 0.05) is 18.5 Å². The molecule has 2 atom stereocenters. The lowest BCUT2D eigenvalue weighted by atomic mass is 9.83. The highest BCUT2D eigenvalue weighted by atomic mass is 16.1. The van der Waals surface area contributed by atoms with Crippen molar-refractivity contribution < 1.29 is 4.79 Å². The molecule has 98 valence electrons. The summed E-state index contributed by atoms with van der Waals surface area (Å²) >= 11 is 0. The third-order valence-electron chi connectivity index (χ3n) is 4.54. The minimum atomic E-state index is 0.188. The van der Waals surface area contributed by atoms with E-state index in [0.29, 0.717) is 5.92 Å². The maximum absolute atomic E-state index is 11.9. The fraction of sp³-hybridized carbons (Fsp3) is 0.929. The molecule has 0 aliphatic heterocycles. The van der Waals surface area contributed by atoms with Crippen LogP contribution >= 0.6 is 0 Å². The zero-order chi connectivity index (χ0) is 12.3. The number of carbonyl (C=O) groups excluding carboxylic acids is 1. The predicted molar refractivity (Wildman–Crippen MR) is 69.4 cm³/mol. The molecule has 0 spiro atoms. The Hall–Kier alpha value is -0.570. The summed E-state index contributed by atoms with van der Waals surface area (Å²) in [7, 11) is 0. The van der Waals surface area contributed by atoms with Crippen molar-refractivity contribution in [2.45, 2.75) is 57.9 Å². The third-order valence-corrected chi connectivity index (χ3v) is 4.54. The van der Waals surface area contributed by atoms with Gasteiger partial charge in [-0.3, -0.25) is 4.79 Å². The summed E-state index contributed by atoms with van der Waals surface area (Å²) in [6, 6.07) is 0.251. The molecule has 2 saturated carbocycles. The van der Waals surface area contributed by atoms with Crippen LogP contribution in [0.2, 0.25) is 0 Å². The molecule has 0 radical (unpaired) electrons. The summed E-state index contributed by atoms with van der Waals surface area (Å²) in [6.45, 7) is 3.21. The van der Waals surface area contributed by atoms with Crippen molar-refractivity contribution in [3.05, 3.63) is 0 Å². The molecule has 0 aromatic heterocycles. The van der Waals surface area contributed by atoms with E-state index < -0.39 is 0 Å². The van der Waals surface area contributed by atoms with Gasteiger partial charge in [0.2, 0.25) is 5.91 Å². The zero-order valence-corrected chi connectivity index (χ0v) is 11.0. The Kier molecular flexibility index (Phi) is 4.43. The molecule has 3 N–H and O–H groups in total. The van der Waals surface area contributed by atoms with Crippen LogP contribution in [0.5, 0.6) is 0 Å². The van der Waals surface area contributed by atoms with Gasteiger partial charge >= 0.3 is 0 Å². The van der Waals surface area contributed by atoms with Crippen molar-refractivity contribution in [1.29, 1.82) is 0 Å². The van der Waals surface area contributed by atoms with Crippen LogP contribution in [0.4, 0.5) is 0 Å². The molecule has 1 amide bonds. The van der Waals surface area contributed by atoms with E-state index in [1.165, 1.54) is 25.7 Å². The summed E-state index contributed by atoms with van der Waals surface area (Å²) < 4.78 is 0. The average Bonchev–Trinajstić information content (AvgIpc) is 2.75. The van der Waals surface area contributed by atoms with Crippen LogP contribution in [0, 0.1) is 17.8 Å². The van der Waals surface area contributed by atoms with Gasteiger partial charge in [-0.1, -0.05) is 19.8 Å². The molecule has 2 unspecified atom stereocenters. The van der Waals surface area contributed by atoms with Crippen LogP contribution in [-0.2, 0) is 4.79 Å². The van der Waals surface area contributed by atoms with E-state index in [1.54, 1.807) is 0 Å². The topological polar surface area (TPSA) is 55.1 Å². The summed E-state index contributed by atoms with van der Waals surface area (Å²) in [5.41, 5.74) is 5.84. The Morgan fingerprint density at radius 1 is 1.18 bits per heavy atom. The van der Waals surface area contributed by atoms with Gasteiger partial charge in [0.25, 0.3) is 0 Å².